The molecule has 0 bridgehead atoms. The molecule has 1 aromatic carbocycles. The maximum absolute atomic E-state index is 13.5. The van der Waals surface area contributed by atoms with Crippen molar-refractivity contribution in [3.63, 3.8) is 0 Å². The lowest BCUT2D eigenvalue weighted by molar-refractivity contribution is -0.174. The first kappa shape index (κ1) is 43.1. The molecular formula is C40H66O8. The van der Waals surface area contributed by atoms with Gasteiger partial charge in [-0.1, -0.05) is 128 Å². The van der Waals surface area contributed by atoms with Gasteiger partial charge in [-0.15, -0.1) is 0 Å². The van der Waals surface area contributed by atoms with Crippen molar-refractivity contribution in [2.45, 2.75) is 157 Å². The minimum atomic E-state index is -1.45. The zero-order chi connectivity index (χ0) is 35.7. The van der Waals surface area contributed by atoms with Gasteiger partial charge in [0.2, 0.25) is 0 Å². The summed E-state index contributed by atoms with van der Waals surface area (Å²) in [7, 11) is 0. The fraction of sp³-hybridized carbons (Fsp3) is 0.750. The number of unbranched alkanes of at least 4 members (excludes halogenated alkanes) is 12. The summed E-state index contributed by atoms with van der Waals surface area (Å²) in [5.74, 6) is -2.23. The molecule has 0 aromatic heterocycles. The van der Waals surface area contributed by atoms with Crippen LogP contribution in [0.4, 0.5) is 0 Å². The molecule has 0 saturated carbocycles. The van der Waals surface area contributed by atoms with Gasteiger partial charge in [0.05, 0.1) is 26.4 Å². The molecule has 48 heavy (non-hydrogen) atoms. The highest BCUT2D eigenvalue weighted by molar-refractivity contribution is 6.01. The van der Waals surface area contributed by atoms with Crippen LogP contribution in [0.1, 0.15) is 155 Å². The van der Waals surface area contributed by atoms with Crippen LogP contribution in [-0.2, 0) is 51.0 Å². The van der Waals surface area contributed by atoms with Crippen LogP contribution in [0, 0.1) is 10.8 Å². The molecule has 0 fully saturated rings. The van der Waals surface area contributed by atoms with Crippen LogP contribution >= 0.6 is 0 Å². The van der Waals surface area contributed by atoms with Crippen molar-refractivity contribution in [3.05, 3.63) is 35.4 Å². The first-order chi connectivity index (χ1) is 23.2. The van der Waals surface area contributed by atoms with Crippen LogP contribution in [-0.4, -0.2) is 50.3 Å². The smallest absolute Gasteiger partial charge is 0.323 e. The standard InChI is InChI=1S/C40H66O8/c1-7-13-15-17-19-21-23-29-39(35(41)45-9-3,36(42)46-10-4)31-33-25-27-34(28-26-33)32-40(37(43)47-11-5,38(44)48-12-6)30-24-22-20-18-16-14-8-2/h25-28H,7-24,29-32H2,1-6H3. The molecule has 8 nitrogen and oxygen atoms in total. The predicted molar refractivity (Wildman–Crippen MR) is 190 cm³/mol. The molecule has 0 spiro atoms. The van der Waals surface area contributed by atoms with Gasteiger partial charge in [-0.05, 0) is 64.5 Å². The Bertz CT molecular complexity index is 929. The van der Waals surface area contributed by atoms with Gasteiger partial charge < -0.3 is 18.9 Å². The molecular weight excluding hydrogens is 608 g/mol. The zero-order valence-corrected chi connectivity index (χ0v) is 31.1. The van der Waals surface area contributed by atoms with E-state index < -0.39 is 34.7 Å². The third-order valence-corrected chi connectivity index (χ3v) is 9.11. The Hall–Kier alpha value is -2.90. The normalized spacial score (nSPS) is 11.6. The van der Waals surface area contributed by atoms with Crippen molar-refractivity contribution >= 4 is 23.9 Å². The third kappa shape index (κ3) is 14.3. The van der Waals surface area contributed by atoms with Crippen molar-refractivity contribution in [1.82, 2.24) is 0 Å². The summed E-state index contributed by atoms with van der Waals surface area (Å²) < 4.78 is 21.9. The zero-order valence-electron chi connectivity index (χ0n) is 31.1. The quantitative estimate of drug-likeness (QED) is 0.0375. The highest BCUT2D eigenvalue weighted by atomic mass is 16.6. The highest BCUT2D eigenvalue weighted by Crippen LogP contribution is 2.36. The summed E-state index contributed by atoms with van der Waals surface area (Å²) in [5.41, 5.74) is -1.36. The number of carbonyl (C=O) groups excluding carboxylic acids is 4. The molecule has 0 aliphatic rings. The monoisotopic (exact) mass is 674 g/mol. The number of esters is 4. The van der Waals surface area contributed by atoms with Gasteiger partial charge in [-0.2, -0.15) is 0 Å². The minimum absolute atomic E-state index is 0.139. The van der Waals surface area contributed by atoms with Gasteiger partial charge in [-0.25, -0.2) is 0 Å². The second-order valence-corrected chi connectivity index (χ2v) is 13.0. The maximum Gasteiger partial charge on any atom is 0.323 e. The molecule has 1 rings (SSSR count). The van der Waals surface area contributed by atoms with Crippen molar-refractivity contribution in [2.75, 3.05) is 26.4 Å². The van der Waals surface area contributed by atoms with Crippen LogP contribution in [0.3, 0.4) is 0 Å². The Balaban J connectivity index is 3.31. The van der Waals surface area contributed by atoms with Crippen LogP contribution in [0.5, 0.6) is 0 Å². The van der Waals surface area contributed by atoms with E-state index >= 15 is 0 Å². The van der Waals surface area contributed by atoms with E-state index in [-0.39, 0.29) is 39.3 Å². The Kier molecular flexibility index (Phi) is 22.6. The number of rotatable bonds is 28. The SMILES string of the molecule is CCCCCCCCCC(Cc1ccc(CC(CCCCCCCCC)(C(=O)OCC)C(=O)OCC)cc1)(C(=O)OCC)C(=O)OCC. The van der Waals surface area contributed by atoms with E-state index in [9.17, 15) is 19.2 Å². The molecule has 0 atom stereocenters. The molecule has 0 aliphatic heterocycles. The summed E-state index contributed by atoms with van der Waals surface area (Å²) >= 11 is 0. The van der Waals surface area contributed by atoms with Gasteiger partial charge in [0.15, 0.2) is 10.8 Å². The van der Waals surface area contributed by atoms with Gasteiger partial charge in [-0.3, -0.25) is 19.2 Å². The van der Waals surface area contributed by atoms with Gasteiger partial charge in [0.1, 0.15) is 0 Å². The van der Waals surface area contributed by atoms with Crippen LogP contribution in [0.2, 0.25) is 0 Å². The van der Waals surface area contributed by atoms with Crippen LogP contribution < -0.4 is 0 Å². The number of ether oxygens (including phenoxy) is 4. The Morgan fingerprint density at radius 1 is 0.417 bits per heavy atom. The molecule has 0 heterocycles. The largest absolute Gasteiger partial charge is 0.465 e. The van der Waals surface area contributed by atoms with Crippen molar-refractivity contribution < 1.29 is 38.1 Å². The van der Waals surface area contributed by atoms with Crippen molar-refractivity contribution in [2.24, 2.45) is 10.8 Å². The summed E-state index contributed by atoms with van der Waals surface area (Å²) in [4.78, 5) is 54.0. The van der Waals surface area contributed by atoms with Gasteiger partial charge in [0.25, 0.3) is 0 Å². The maximum atomic E-state index is 13.5. The fourth-order valence-electron chi connectivity index (χ4n) is 6.36. The summed E-state index contributed by atoms with van der Waals surface area (Å²) in [6.07, 6.45) is 15.8. The summed E-state index contributed by atoms with van der Waals surface area (Å²) in [5, 5.41) is 0. The Morgan fingerprint density at radius 2 is 0.667 bits per heavy atom. The van der Waals surface area contributed by atoms with Crippen molar-refractivity contribution in [1.29, 1.82) is 0 Å². The molecule has 274 valence electrons. The number of carbonyl (C=O) groups is 4. The van der Waals surface area contributed by atoms with Crippen LogP contribution in [0.25, 0.3) is 0 Å². The molecule has 0 amide bonds. The lowest BCUT2D eigenvalue weighted by Crippen LogP contribution is -2.44. The first-order valence-electron chi connectivity index (χ1n) is 19.0. The molecule has 0 unspecified atom stereocenters. The number of hydrogen-bond acceptors (Lipinski definition) is 8. The Labute approximate surface area is 291 Å². The van der Waals surface area contributed by atoms with Crippen LogP contribution in [0.15, 0.2) is 24.3 Å². The lowest BCUT2D eigenvalue weighted by atomic mass is 9.75. The average Bonchev–Trinajstić information content (AvgIpc) is 3.07. The molecule has 0 saturated heterocycles. The summed E-state index contributed by atoms with van der Waals surface area (Å²) in [6.45, 7) is 12.0. The highest BCUT2D eigenvalue weighted by Gasteiger charge is 2.49. The third-order valence-electron chi connectivity index (χ3n) is 9.11. The predicted octanol–water partition coefficient (Wildman–Crippen LogP) is 9.28. The first-order valence-corrected chi connectivity index (χ1v) is 19.0. The van der Waals surface area contributed by atoms with E-state index in [0.29, 0.717) is 25.7 Å². The number of hydrogen-bond donors (Lipinski definition) is 0. The van der Waals surface area contributed by atoms with E-state index in [1.807, 2.05) is 24.3 Å². The van der Waals surface area contributed by atoms with E-state index in [0.717, 1.165) is 49.7 Å². The molecule has 0 N–H and O–H groups in total. The fourth-order valence-corrected chi connectivity index (χ4v) is 6.36. The Morgan fingerprint density at radius 3 is 0.917 bits per heavy atom. The molecule has 1 aromatic rings. The minimum Gasteiger partial charge on any atom is -0.465 e. The molecule has 0 radical (unpaired) electrons. The topological polar surface area (TPSA) is 105 Å². The molecule has 0 aliphatic carbocycles. The second kappa shape index (κ2) is 25.1. The second-order valence-electron chi connectivity index (χ2n) is 13.0. The van der Waals surface area contributed by atoms with E-state index in [1.165, 1.54) is 38.5 Å². The van der Waals surface area contributed by atoms with Gasteiger partial charge >= 0.3 is 23.9 Å². The average molecular weight is 675 g/mol. The van der Waals surface area contributed by atoms with Crippen molar-refractivity contribution in [3.8, 4) is 0 Å². The number of benzene rings is 1. The van der Waals surface area contributed by atoms with E-state index in [2.05, 4.69) is 13.8 Å². The van der Waals surface area contributed by atoms with E-state index in [1.54, 1.807) is 27.7 Å². The van der Waals surface area contributed by atoms with E-state index in [4.69, 9.17) is 18.9 Å². The van der Waals surface area contributed by atoms with Gasteiger partial charge in [0, 0.05) is 0 Å². The lowest BCUT2D eigenvalue weighted by Gasteiger charge is -2.30. The summed E-state index contributed by atoms with van der Waals surface area (Å²) in [6, 6.07) is 7.45. The molecule has 8 heteroatoms.